The van der Waals surface area contributed by atoms with Crippen LogP contribution in [0.4, 0.5) is 0 Å². The van der Waals surface area contributed by atoms with E-state index in [-0.39, 0.29) is 26.4 Å². The van der Waals surface area contributed by atoms with Crippen LogP contribution in [0.3, 0.4) is 0 Å². The van der Waals surface area contributed by atoms with Gasteiger partial charge in [-0.2, -0.15) is 0 Å². The minimum Gasteiger partial charge on any atom is -0.391 e. The summed E-state index contributed by atoms with van der Waals surface area (Å²) in [6, 6.07) is 0. The average Bonchev–Trinajstić information content (AvgIpc) is 2.94. The number of aliphatic hydroxyl groups excluding tert-OH is 6. The monoisotopic (exact) mass is 422 g/mol. The van der Waals surface area contributed by atoms with Gasteiger partial charge in [-0.05, 0) is 0 Å². The first-order valence-electron chi connectivity index (χ1n) is 9.20. The van der Waals surface area contributed by atoms with Gasteiger partial charge in [-0.1, -0.05) is 12.2 Å². The predicted molar refractivity (Wildman–Crippen MR) is 96.2 cm³/mol. The van der Waals surface area contributed by atoms with Crippen molar-refractivity contribution in [3.8, 4) is 0 Å². The molecule has 2 rings (SSSR count). The maximum absolute atomic E-state index is 10.6. The Kier molecular flexibility index (Phi) is 9.13. The zero-order valence-corrected chi connectivity index (χ0v) is 15.9. The smallest absolute Gasteiger partial charge is 0.223 e. The lowest BCUT2D eigenvalue weighted by molar-refractivity contribution is -0.390. The van der Waals surface area contributed by atoms with Crippen LogP contribution in [0, 0.1) is 5.92 Å². The second-order valence-corrected chi connectivity index (χ2v) is 6.87. The van der Waals surface area contributed by atoms with Crippen molar-refractivity contribution < 1.29 is 54.3 Å². The first-order chi connectivity index (χ1) is 13.8. The van der Waals surface area contributed by atoms with E-state index < -0.39 is 61.4 Å². The van der Waals surface area contributed by atoms with Crippen LogP contribution in [0.25, 0.3) is 0 Å². The minimum atomic E-state index is -2.15. The Bertz CT molecular complexity index is 532. The predicted octanol–water partition coefficient (Wildman–Crippen LogP) is -2.77. The quantitative estimate of drug-likeness (QED) is 0.151. The van der Waals surface area contributed by atoms with Crippen molar-refractivity contribution in [2.75, 3.05) is 33.0 Å². The summed E-state index contributed by atoms with van der Waals surface area (Å²) in [6.45, 7) is 6.15. The number of ether oxygens (including phenoxy) is 5. The molecule has 0 aromatic heterocycles. The molecule has 0 aromatic carbocycles. The van der Waals surface area contributed by atoms with Gasteiger partial charge in [0.25, 0.3) is 0 Å². The maximum atomic E-state index is 10.6. The highest BCUT2D eigenvalue weighted by Gasteiger charge is 2.58. The van der Waals surface area contributed by atoms with E-state index in [1.54, 1.807) is 0 Å². The third-order valence-electron chi connectivity index (χ3n) is 4.81. The summed E-state index contributed by atoms with van der Waals surface area (Å²) in [4.78, 5) is 0. The molecule has 0 bridgehead atoms. The summed E-state index contributed by atoms with van der Waals surface area (Å²) in [5.41, 5.74) is 0. The molecule has 2 saturated heterocycles. The van der Waals surface area contributed by atoms with E-state index in [1.807, 2.05) is 0 Å². The summed E-state index contributed by atoms with van der Waals surface area (Å²) >= 11 is 0. The van der Waals surface area contributed by atoms with Crippen LogP contribution in [0.15, 0.2) is 25.3 Å². The molecule has 0 unspecified atom stereocenters. The van der Waals surface area contributed by atoms with E-state index in [0.717, 1.165) is 0 Å². The highest BCUT2D eigenvalue weighted by molar-refractivity contribution is 4.96. The van der Waals surface area contributed by atoms with Crippen LogP contribution in [0.5, 0.6) is 0 Å². The molecular formula is C18H30O11. The van der Waals surface area contributed by atoms with Crippen molar-refractivity contribution in [2.24, 2.45) is 5.92 Å². The van der Waals surface area contributed by atoms with E-state index in [1.165, 1.54) is 12.2 Å². The molecule has 168 valence electrons. The average molecular weight is 422 g/mol. The molecule has 9 atom stereocenters. The molecular weight excluding hydrogens is 392 g/mol. The molecule has 0 spiro atoms. The lowest BCUT2D eigenvalue weighted by atomic mass is 9.97. The SMILES string of the molecule is C=CCOC[C@@H]1[C@@H](O)O[C@@](CO)(O[C@@H]2O[C@H](COCC=C)[C@@H](O)[C@H](O)[C@H]2O)[C@H]1O. The van der Waals surface area contributed by atoms with Crippen molar-refractivity contribution in [3.05, 3.63) is 25.3 Å². The van der Waals surface area contributed by atoms with E-state index in [0.29, 0.717) is 0 Å². The number of hydrogen-bond donors (Lipinski definition) is 6. The van der Waals surface area contributed by atoms with Gasteiger partial charge in [-0.3, -0.25) is 0 Å². The number of rotatable bonds is 11. The first-order valence-corrected chi connectivity index (χ1v) is 9.20. The van der Waals surface area contributed by atoms with Gasteiger partial charge in [0.2, 0.25) is 5.79 Å². The molecule has 2 aliphatic heterocycles. The van der Waals surface area contributed by atoms with Crippen molar-refractivity contribution in [2.45, 2.75) is 48.9 Å². The zero-order valence-electron chi connectivity index (χ0n) is 15.9. The summed E-state index contributed by atoms with van der Waals surface area (Å²) in [5.74, 6) is -3.12. The molecule has 0 aromatic rings. The normalized spacial score (nSPS) is 42.7. The Morgan fingerprint density at radius 1 is 0.897 bits per heavy atom. The van der Waals surface area contributed by atoms with Gasteiger partial charge in [0.15, 0.2) is 12.6 Å². The largest absolute Gasteiger partial charge is 0.391 e. The van der Waals surface area contributed by atoms with E-state index in [4.69, 9.17) is 23.7 Å². The molecule has 29 heavy (non-hydrogen) atoms. The summed E-state index contributed by atoms with van der Waals surface area (Å²) in [7, 11) is 0. The standard InChI is InChI=1S/C18H30O11/c1-3-5-25-7-10-15(23)18(9-19,28-16(10)24)29-17-14(22)13(21)12(20)11(27-17)8-26-6-4-2/h3-4,10-17,19-24H,1-2,5-9H2/t10-,11+,12+,13-,14+,15-,16-,17-,18-/m0/s1. The van der Waals surface area contributed by atoms with Crippen molar-refractivity contribution in [1.82, 2.24) is 0 Å². The molecule has 2 heterocycles. The minimum absolute atomic E-state index is 0.118. The van der Waals surface area contributed by atoms with Crippen molar-refractivity contribution in [1.29, 1.82) is 0 Å². The van der Waals surface area contributed by atoms with Gasteiger partial charge in [-0.15, -0.1) is 13.2 Å². The van der Waals surface area contributed by atoms with Gasteiger partial charge in [0, 0.05) is 0 Å². The Hall–Kier alpha value is -0.960. The molecule has 0 saturated carbocycles. The van der Waals surface area contributed by atoms with Crippen LogP contribution < -0.4 is 0 Å². The molecule has 0 amide bonds. The van der Waals surface area contributed by atoms with Gasteiger partial charge >= 0.3 is 0 Å². The van der Waals surface area contributed by atoms with Crippen molar-refractivity contribution in [3.63, 3.8) is 0 Å². The molecule has 11 heteroatoms. The summed E-state index contributed by atoms with van der Waals surface area (Å²) in [5, 5.41) is 60.9. The Balaban J connectivity index is 2.11. The molecule has 11 nitrogen and oxygen atoms in total. The van der Waals surface area contributed by atoms with Crippen LogP contribution in [0.1, 0.15) is 0 Å². The zero-order chi connectivity index (χ0) is 21.6. The van der Waals surface area contributed by atoms with E-state index in [9.17, 15) is 30.6 Å². The summed E-state index contributed by atoms with van der Waals surface area (Å²) in [6.07, 6.45) is -7.67. The van der Waals surface area contributed by atoms with Gasteiger partial charge in [-0.25, -0.2) is 0 Å². The lowest BCUT2D eigenvalue weighted by Gasteiger charge is -2.43. The maximum Gasteiger partial charge on any atom is 0.223 e. The van der Waals surface area contributed by atoms with Gasteiger partial charge < -0.3 is 54.3 Å². The molecule has 0 aliphatic carbocycles. The third kappa shape index (κ3) is 5.40. The fourth-order valence-corrected chi connectivity index (χ4v) is 3.19. The fraction of sp³-hybridized carbons (Fsp3) is 0.778. The summed E-state index contributed by atoms with van der Waals surface area (Å²) < 4.78 is 26.6. The molecule has 6 N–H and O–H groups in total. The first kappa shape index (κ1) is 24.3. The van der Waals surface area contributed by atoms with E-state index in [2.05, 4.69) is 13.2 Å². The van der Waals surface area contributed by atoms with Crippen molar-refractivity contribution >= 4 is 0 Å². The molecule has 2 fully saturated rings. The Morgan fingerprint density at radius 2 is 1.52 bits per heavy atom. The second kappa shape index (κ2) is 10.9. The fourth-order valence-electron chi connectivity index (χ4n) is 3.19. The van der Waals surface area contributed by atoms with Crippen LogP contribution in [0.2, 0.25) is 0 Å². The highest BCUT2D eigenvalue weighted by Crippen LogP contribution is 2.38. The molecule has 2 aliphatic rings. The highest BCUT2D eigenvalue weighted by atomic mass is 16.8. The second-order valence-electron chi connectivity index (χ2n) is 6.87. The number of hydrogen-bond acceptors (Lipinski definition) is 11. The van der Waals surface area contributed by atoms with Crippen LogP contribution in [-0.2, 0) is 23.7 Å². The topological polar surface area (TPSA) is 168 Å². The lowest BCUT2D eigenvalue weighted by Crippen LogP contribution is -2.62. The Labute approximate surface area is 168 Å². The van der Waals surface area contributed by atoms with Gasteiger partial charge in [0.1, 0.15) is 37.1 Å². The van der Waals surface area contributed by atoms with Crippen LogP contribution in [-0.4, -0.2) is 113 Å². The third-order valence-corrected chi connectivity index (χ3v) is 4.81. The van der Waals surface area contributed by atoms with Crippen LogP contribution >= 0.6 is 0 Å². The van der Waals surface area contributed by atoms with E-state index >= 15 is 0 Å². The van der Waals surface area contributed by atoms with Gasteiger partial charge in [0.05, 0.1) is 32.3 Å². The number of aliphatic hydroxyl groups is 6. The Morgan fingerprint density at radius 3 is 2.10 bits per heavy atom. The molecule has 0 radical (unpaired) electrons.